The molecule has 0 saturated carbocycles. The molecule has 0 aliphatic carbocycles. The largest absolute Gasteiger partial charge is 0.339 e. The van der Waals surface area contributed by atoms with Crippen molar-refractivity contribution in [2.24, 2.45) is 0 Å². The van der Waals surface area contributed by atoms with Crippen molar-refractivity contribution < 1.29 is 4.52 Å². The number of nitrogens with zero attached hydrogens (tertiary/aromatic N) is 3. The minimum atomic E-state index is 0.171. The molecule has 0 aliphatic rings. The van der Waals surface area contributed by atoms with Crippen LogP contribution in [0, 0.1) is 11.3 Å². The van der Waals surface area contributed by atoms with Gasteiger partial charge in [-0.25, -0.2) is 0 Å². The summed E-state index contributed by atoms with van der Waals surface area (Å²) in [5.74, 6) is 2.38. The molecule has 1 heterocycles. The third-order valence-corrected chi connectivity index (χ3v) is 3.99. The lowest BCUT2D eigenvalue weighted by molar-refractivity contribution is 0.351. The van der Waals surface area contributed by atoms with Gasteiger partial charge >= 0.3 is 0 Å². The topological polar surface area (TPSA) is 62.7 Å². The first-order valence-electron chi connectivity index (χ1n) is 5.98. The molecule has 4 nitrogen and oxygen atoms in total. The summed E-state index contributed by atoms with van der Waals surface area (Å²) in [5.41, 5.74) is 0. The number of hydrogen-bond acceptors (Lipinski definition) is 5. The van der Waals surface area contributed by atoms with Crippen LogP contribution >= 0.6 is 11.8 Å². The SMILES string of the molecule is CCC(C)SCc1noc(C(C)CCC#N)n1. The summed E-state index contributed by atoms with van der Waals surface area (Å²) < 4.78 is 5.21. The molecule has 0 amide bonds. The Balaban J connectivity index is 2.45. The molecule has 0 spiro atoms. The van der Waals surface area contributed by atoms with E-state index in [1.807, 2.05) is 18.7 Å². The van der Waals surface area contributed by atoms with Crippen LogP contribution in [0.15, 0.2) is 4.52 Å². The van der Waals surface area contributed by atoms with Gasteiger partial charge in [-0.2, -0.15) is 22.0 Å². The zero-order valence-corrected chi connectivity index (χ0v) is 11.5. The molecular formula is C12H19N3OS. The highest BCUT2D eigenvalue weighted by Gasteiger charge is 2.14. The quantitative estimate of drug-likeness (QED) is 0.744. The Morgan fingerprint density at radius 1 is 1.47 bits per heavy atom. The summed E-state index contributed by atoms with van der Waals surface area (Å²) in [4.78, 5) is 4.36. The van der Waals surface area contributed by atoms with Gasteiger partial charge in [-0.1, -0.05) is 25.9 Å². The van der Waals surface area contributed by atoms with Crippen LogP contribution in [0.2, 0.25) is 0 Å². The molecule has 0 aromatic carbocycles. The van der Waals surface area contributed by atoms with E-state index in [1.165, 1.54) is 0 Å². The molecule has 0 aliphatic heterocycles. The van der Waals surface area contributed by atoms with E-state index in [0.717, 1.165) is 24.4 Å². The van der Waals surface area contributed by atoms with Crippen molar-refractivity contribution in [3.63, 3.8) is 0 Å². The predicted molar refractivity (Wildman–Crippen MR) is 68.6 cm³/mol. The van der Waals surface area contributed by atoms with Crippen LogP contribution in [0.3, 0.4) is 0 Å². The van der Waals surface area contributed by atoms with Crippen molar-refractivity contribution in [3.05, 3.63) is 11.7 Å². The van der Waals surface area contributed by atoms with E-state index < -0.39 is 0 Å². The first kappa shape index (κ1) is 14.0. The number of aromatic nitrogens is 2. The predicted octanol–water partition coefficient (Wildman–Crippen LogP) is 3.51. The average Bonchev–Trinajstić information content (AvgIpc) is 2.81. The smallest absolute Gasteiger partial charge is 0.229 e. The van der Waals surface area contributed by atoms with Crippen molar-refractivity contribution in [2.45, 2.75) is 57.0 Å². The summed E-state index contributed by atoms with van der Waals surface area (Å²) >= 11 is 1.84. The zero-order valence-electron chi connectivity index (χ0n) is 10.6. The Kier molecular flexibility index (Phi) is 6.06. The number of nitriles is 1. The van der Waals surface area contributed by atoms with Gasteiger partial charge < -0.3 is 4.52 Å². The molecule has 0 saturated heterocycles. The van der Waals surface area contributed by atoms with Gasteiger partial charge in [0.1, 0.15) is 0 Å². The van der Waals surface area contributed by atoms with Crippen molar-refractivity contribution >= 4 is 11.8 Å². The highest BCUT2D eigenvalue weighted by atomic mass is 32.2. The molecule has 1 aromatic rings. The molecule has 0 radical (unpaired) electrons. The van der Waals surface area contributed by atoms with E-state index >= 15 is 0 Å². The Morgan fingerprint density at radius 2 is 2.24 bits per heavy atom. The Bertz CT molecular complexity index is 372. The van der Waals surface area contributed by atoms with Crippen LogP contribution in [0.4, 0.5) is 0 Å². The molecule has 0 fully saturated rings. The molecular weight excluding hydrogens is 234 g/mol. The van der Waals surface area contributed by atoms with Crippen LogP contribution < -0.4 is 0 Å². The molecule has 17 heavy (non-hydrogen) atoms. The molecule has 0 N–H and O–H groups in total. The maximum atomic E-state index is 8.52. The summed E-state index contributed by atoms with van der Waals surface area (Å²) in [6.07, 6.45) is 2.45. The second-order valence-electron chi connectivity index (χ2n) is 4.18. The van der Waals surface area contributed by atoms with Gasteiger partial charge in [0, 0.05) is 17.6 Å². The normalized spacial score (nSPS) is 14.2. The molecule has 2 unspecified atom stereocenters. The van der Waals surface area contributed by atoms with Crippen molar-refractivity contribution in [1.82, 2.24) is 10.1 Å². The minimum Gasteiger partial charge on any atom is -0.339 e. The Labute approximate surface area is 107 Å². The fourth-order valence-electron chi connectivity index (χ4n) is 1.27. The summed E-state index contributed by atoms with van der Waals surface area (Å²) in [6.45, 7) is 6.38. The number of rotatable bonds is 7. The van der Waals surface area contributed by atoms with Crippen LogP contribution in [-0.2, 0) is 5.75 Å². The summed E-state index contributed by atoms with van der Waals surface area (Å²) in [7, 11) is 0. The van der Waals surface area contributed by atoms with Crippen molar-refractivity contribution in [2.75, 3.05) is 0 Å². The van der Waals surface area contributed by atoms with E-state index in [9.17, 15) is 0 Å². The Morgan fingerprint density at radius 3 is 2.88 bits per heavy atom. The monoisotopic (exact) mass is 253 g/mol. The lowest BCUT2D eigenvalue weighted by Gasteiger charge is -2.04. The number of thioether (sulfide) groups is 1. The minimum absolute atomic E-state index is 0.171. The van der Waals surface area contributed by atoms with Crippen LogP contribution in [-0.4, -0.2) is 15.4 Å². The van der Waals surface area contributed by atoms with Gasteiger partial charge in [0.05, 0.1) is 11.8 Å². The van der Waals surface area contributed by atoms with E-state index in [-0.39, 0.29) is 5.92 Å². The van der Waals surface area contributed by atoms with Crippen LogP contribution in [0.5, 0.6) is 0 Å². The van der Waals surface area contributed by atoms with Crippen molar-refractivity contribution in [3.8, 4) is 6.07 Å². The van der Waals surface area contributed by atoms with Gasteiger partial charge in [-0.15, -0.1) is 0 Å². The highest BCUT2D eigenvalue weighted by Crippen LogP contribution is 2.21. The fourth-order valence-corrected chi connectivity index (χ4v) is 2.05. The first-order valence-corrected chi connectivity index (χ1v) is 7.03. The molecule has 2 atom stereocenters. The fraction of sp³-hybridized carbons (Fsp3) is 0.750. The molecule has 5 heteroatoms. The van der Waals surface area contributed by atoms with E-state index in [4.69, 9.17) is 9.78 Å². The van der Waals surface area contributed by atoms with Gasteiger partial charge in [0.25, 0.3) is 0 Å². The van der Waals surface area contributed by atoms with Crippen LogP contribution in [0.25, 0.3) is 0 Å². The lowest BCUT2D eigenvalue weighted by Crippen LogP contribution is -1.96. The first-order chi connectivity index (χ1) is 8.17. The zero-order chi connectivity index (χ0) is 12.7. The second-order valence-corrected chi connectivity index (χ2v) is 5.60. The van der Waals surface area contributed by atoms with Gasteiger partial charge in [0.2, 0.25) is 5.89 Å². The van der Waals surface area contributed by atoms with Gasteiger partial charge in [0.15, 0.2) is 5.82 Å². The van der Waals surface area contributed by atoms with Gasteiger partial charge in [-0.3, -0.25) is 0 Å². The summed E-state index contributed by atoms with van der Waals surface area (Å²) in [6, 6.07) is 2.13. The molecule has 1 rings (SSSR count). The standard InChI is InChI=1S/C12H19N3OS/c1-4-10(3)17-8-11-14-12(16-15-11)9(2)6-5-7-13/h9-10H,4-6,8H2,1-3H3. The summed E-state index contributed by atoms with van der Waals surface area (Å²) in [5, 5.41) is 13.1. The highest BCUT2D eigenvalue weighted by molar-refractivity contribution is 7.99. The average molecular weight is 253 g/mol. The third kappa shape index (κ3) is 4.78. The van der Waals surface area contributed by atoms with E-state index in [0.29, 0.717) is 17.6 Å². The molecule has 0 bridgehead atoms. The van der Waals surface area contributed by atoms with Crippen molar-refractivity contribution in [1.29, 1.82) is 5.26 Å². The molecule has 1 aromatic heterocycles. The maximum absolute atomic E-state index is 8.52. The second kappa shape index (κ2) is 7.33. The van der Waals surface area contributed by atoms with E-state index in [1.54, 1.807) is 0 Å². The van der Waals surface area contributed by atoms with E-state index in [2.05, 4.69) is 30.1 Å². The van der Waals surface area contributed by atoms with Crippen LogP contribution in [0.1, 0.15) is 57.7 Å². The number of hydrogen-bond donors (Lipinski definition) is 0. The third-order valence-electron chi connectivity index (χ3n) is 2.67. The lowest BCUT2D eigenvalue weighted by atomic mass is 10.1. The van der Waals surface area contributed by atoms with Gasteiger partial charge in [-0.05, 0) is 12.8 Å². The Hall–Kier alpha value is -1.02. The maximum Gasteiger partial charge on any atom is 0.229 e. The molecule has 94 valence electrons.